The van der Waals surface area contributed by atoms with Crippen LogP contribution in [0.15, 0.2) is 18.2 Å². The van der Waals surface area contributed by atoms with Crippen LogP contribution < -0.4 is 11.1 Å². The Morgan fingerprint density at radius 3 is 2.76 bits per heavy atom. The number of aryl methyl sites for hydroxylation is 1. The fraction of sp³-hybridized carbons (Fsp3) is 0.364. The van der Waals surface area contributed by atoms with E-state index in [9.17, 15) is 9.18 Å². The molecule has 0 aliphatic heterocycles. The molecule has 1 amide bonds. The molecule has 0 saturated carbocycles. The maximum absolute atomic E-state index is 12.8. The van der Waals surface area contributed by atoms with Crippen molar-refractivity contribution in [1.82, 2.24) is 0 Å². The van der Waals surface area contributed by atoms with Crippen molar-refractivity contribution in [3.8, 4) is 0 Å². The van der Waals surface area contributed by atoms with E-state index in [0.29, 0.717) is 11.3 Å². The van der Waals surface area contributed by atoms with Crippen LogP contribution in [0, 0.1) is 12.7 Å². The predicted octanol–water partition coefficient (Wildman–Crippen LogP) is 1.47. The molecule has 1 aromatic rings. The van der Waals surface area contributed by atoms with Crippen LogP contribution in [0.5, 0.6) is 0 Å². The van der Waals surface area contributed by atoms with Crippen molar-refractivity contribution in [3.05, 3.63) is 29.6 Å². The molecule has 0 heterocycles. The monoisotopic (exact) mass is 262 g/mol. The second-order valence-corrected chi connectivity index (χ2v) is 3.51. The fourth-order valence-electron chi connectivity index (χ4n) is 1.25. The highest BCUT2D eigenvalue weighted by molar-refractivity contribution is 5.95. The predicted molar refractivity (Wildman–Crippen MR) is 66.9 cm³/mol. The van der Waals surface area contributed by atoms with Crippen LogP contribution in [-0.4, -0.2) is 25.7 Å². The van der Waals surface area contributed by atoms with E-state index in [0.717, 1.165) is 0 Å². The Bertz CT molecular complexity index is 388. The van der Waals surface area contributed by atoms with Gasteiger partial charge >= 0.3 is 0 Å². The summed E-state index contributed by atoms with van der Waals surface area (Å²) in [5.41, 5.74) is 6.75. The van der Waals surface area contributed by atoms with Gasteiger partial charge in [-0.15, -0.1) is 12.4 Å². The van der Waals surface area contributed by atoms with E-state index in [2.05, 4.69) is 5.32 Å². The molecule has 1 atom stereocenters. The number of nitrogens with one attached hydrogen (secondary N) is 1. The van der Waals surface area contributed by atoms with Crippen LogP contribution in [0.1, 0.15) is 5.56 Å². The quantitative estimate of drug-likeness (QED) is 0.864. The zero-order chi connectivity index (χ0) is 12.1. The number of anilines is 1. The minimum absolute atomic E-state index is 0. The molecule has 1 rings (SSSR count). The molecular weight excluding hydrogens is 247 g/mol. The van der Waals surface area contributed by atoms with Gasteiger partial charge in [0.15, 0.2) is 0 Å². The van der Waals surface area contributed by atoms with Gasteiger partial charge in [0, 0.05) is 12.8 Å². The Labute approximate surface area is 106 Å². The lowest BCUT2D eigenvalue weighted by Gasteiger charge is -2.12. The third-order valence-corrected chi connectivity index (χ3v) is 2.13. The number of carbonyl (C=O) groups excluding carboxylic acids is 1. The Kier molecular flexibility index (Phi) is 6.72. The minimum atomic E-state index is -0.727. The summed E-state index contributed by atoms with van der Waals surface area (Å²) in [4.78, 5) is 11.5. The van der Waals surface area contributed by atoms with Gasteiger partial charge in [-0.1, -0.05) is 0 Å². The highest BCUT2D eigenvalue weighted by Gasteiger charge is 2.13. The summed E-state index contributed by atoms with van der Waals surface area (Å²) in [6.45, 7) is 1.85. The van der Waals surface area contributed by atoms with Gasteiger partial charge in [0.25, 0.3) is 0 Å². The standard InChI is InChI=1S/C11H15FN2O2.ClH/c1-7-5-8(12)3-4-10(7)14-11(15)9(13)6-16-2;/h3-5,9H,6,13H2,1-2H3,(H,14,15);1H. The zero-order valence-electron chi connectivity index (χ0n) is 9.70. The van der Waals surface area contributed by atoms with Crippen molar-refractivity contribution in [2.24, 2.45) is 5.73 Å². The smallest absolute Gasteiger partial charge is 0.243 e. The maximum atomic E-state index is 12.8. The number of halogens is 2. The average molecular weight is 263 g/mol. The summed E-state index contributed by atoms with van der Waals surface area (Å²) in [6, 6.07) is 3.40. The van der Waals surface area contributed by atoms with Gasteiger partial charge in [-0.05, 0) is 30.7 Å². The third kappa shape index (κ3) is 4.68. The normalized spacial score (nSPS) is 11.5. The summed E-state index contributed by atoms with van der Waals surface area (Å²) in [6.07, 6.45) is 0. The molecule has 0 spiro atoms. The number of benzene rings is 1. The molecule has 4 nitrogen and oxygen atoms in total. The van der Waals surface area contributed by atoms with E-state index in [4.69, 9.17) is 10.5 Å². The molecule has 0 aromatic heterocycles. The molecule has 17 heavy (non-hydrogen) atoms. The largest absolute Gasteiger partial charge is 0.383 e. The van der Waals surface area contributed by atoms with E-state index in [1.165, 1.54) is 25.3 Å². The first kappa shape index (κ1) is 15.8. The van der Waals surface area contributed by atoms with Crippen LogP contribution in [0.25, 0.3) is 0 Å². The fourth-order valence-corrected chi connectivity index (χ4v) is 1.25. The molecule has 0 aliphatic rings. The van der Waals surface area contributed by atoms with E-state index in [1.54, 1.807) is 6.92 Å². The molecule has 6 heteroatoms. The molecule has 0 fully saturated rings. The number of ether oxygens (including phenoxy) is 1. The van der Waals surface area contributed by atoms with Gasteiger partial charge in [0.05, 0.1) is 6.61 Å². The van der Waals surface area contributed by atoms with E-state index >= 15 is 0 Å². The SMILES string of the molecule is COCC(N)C(=O)Nc1ccc(F)cc1C.Cl. The van der Waals surface area contributed by atoms with Crippen molar-refractivity contribution < 1.29 is 13.9 Å². The number of carbonyl (C=O) groups is 1. The summed E-state index contributed by atoms with van der Waals surface area (Å²) >= 11 is 0. The molecular formula is C11H16ClFN2O2. The Morgan fingerprint density at radius 2 is 2.24 bits per heavy atom. The number of rotatable bonds is 4. The second kappa shape index (κ2) is 7.21. The van der Waals surface area contributed by atoms with Gasteiger partial charge in [0.1, 0.15) is 11.9 Å². The van der Waals surface area contributed by atoms with Crippen molar-refractivity contribution in [1.29, 1.82) is 0 Å². The highest BCUT2D eigenvalue weighted by atomic mass is 35.5. The number of hydrogen-bond acceptors (Lipinski definition) is 3. The number of amides is 1. The van der Waals surface area contributed by atoms with Crippen LogP contribution in [0.3, 0.4) is 0 Å². The first-order chi connectivity index (χ1) is 7.54. The van der Waals surface area contributed by atoms with E-state index in [-0.39, 0.29) is 30.7 Å². The summed E-state index contributed by atoms with van der Waals surface area (Å²) < 4.78 is 17.6. The van der Waals surface area contributed by atoms with Crippen molar-refractivity contribution >= 4 is 24.0 Å². The molecule has 1 unspecified atom stereocenters. The summed E-state index contributed by atoms with van der Waals surface area (Å²) in [7, 11) is 1.47. The maximum Gasteiger partial charge on any atom is 0.243 e. The van der Waals surface area contributed by atoms with E-state index in [1.807, 2.05) is 0 Å². The van der Waals surface area contributed by atoms with Crippen LogP contribution in [0.4, 0.5) is 10.1 Å². The van der Waals surface area contributed by atoms with Gasteiger partial charge in [-0.3, -0.25) is 4.79 Å². The number of nitrogens with two attached hydrogens (primary N) is 1. The second-order valence-electron chi connectivity index (χ2n) is 3.51. The lowest BCUT2D eigenvalue weighted by atomic mass is 10.2. The molecule has 1 aromatic carbocycles. The lowest BCUT2D eigenvalue weighted by Crippen LogP contribution is -2.39. The van der Waals surface area contributed by atoms with Crippen molar-refractivity contribution in [2.75, 3.05) is 19.0 Å². The summed E-state index contributed by atoms with van der Waals surface area (Å²) in [5, 5.41) is 2.61. The van der Waals surface area contributed by atoms with Crippen LogP contribution >= 0.6 is 12.4 Å². The molecule has 96 valence electrons. The first-order valence-corrected chi connectivity index (χ1v) is 4.86. The van der Waals surface area contributed by atoms with Gasteiger partial charge in [0.2, 0.25) is 5.91 Å². The third-order valence-electron chi connectivity index (χ3n) is 2.13. The highest BCUT2D eigenvalue weighted by Crippen LogP contribution is 2.15. The lowest BCUT2D eigenvalue weighted by molar-refractivity contribution is -0.118. The van der Waals surface area contributed by atoms with Crippen LogP contribution in [0.2, 0.25) is 0 Å². The van der Waals surface area contributed by atoms with Gasteiger partial charge in [-0.25, -0.2) is 4.39 Å². The van der Waals surface area contributed by atoms with Crippen molar-refractivity contribution in [3.63, 3.8) is 0 Å². The van der Waals surface area contributed by atoms with Gasteiger partial charge in [-0.2, -0.15) is 0 Å². The molecule has 0 radical (unpaired) electrons. The molecule has 0 aliphatic carbocycles. The van der Waals surface area contributed by atoms with Crippen LogP contribution in [-0.2, 0) is 9.53 Å². The molecule has 0 saturated heterocycles. The first-order valence-electron chi connectivity index (χ1n) is 4.86. The van der Waals surface area contributed by atoms with E-state index < -0.39 is 6.04 Å². The molecule has 3 N–H and O–H groups in total. The minimum Gasteiger partial charge on any atom is -0.383 e. The summed E-state index contributed by atoms with van der Waals surface area (Å²) in [5.74, 6) is -0.687. The number of hydrogen-bond donors (Lipinski definition) is 2. The topological polar surface area (TPSA) is 64.3 Å². The van der Waals surface area contributed by atoms with Gasteiger partial charge < -0.3 is 15.8 Å². The number of methoxy groups -OCH3 is 1. The Balaban J connectivity index is 0.00000256. The van der Waals surface area contributed by atoms with Crippen molar-refractivity contribution in [2.45, 2.75) is 13.0 Å². The Hall–Kier alpha value is -1.17. The average Bonchev–Trinajstić information content (AvgIpc) is 2.22. The zero-order valence-corrected chi connectivity index (χ0v) is 10.5. The Morgan fingerprint density at radius 1 is 1.59 bits per heavy atom. The molecule has 0 bridgehead atoms.